The Morgan fingerprint density at radius 1 is 0.697 bits per heavy atom. The quantitative estimate of drug-likeness (QED) is 0.339. The van der Waals surface area contributed by atoms with Crippen LogP contribution in [0, 0.1) is 0 Å². The predicted molar refractivity (Wildman–Crippen MR) is 118 cm³/mol. The second kappa shape index (κ2) is 10.7. The molecule has 0 aromatic carbocycles. The second-order valence-corrected chi connectivity index (χ2v) is 10.1. The van der Waals surface area contributed by atoms with Crippen LogP contribution in [0.2, 0.25) is 0 Å². The van der Waals surface area contributed by atoms with E-state index in [-0.39, 0.29) is 0 Å². The number of carbonyl (C=O) groups excluding carboxylic acids is 5. The minimum absolute atomic E-state index is 0.309. The summed E-state index contributed by atoms with van der Waals surface area (Å²) in [6.07, 6.45) is -3.63. The van der Waals surface area contributed by atoms with Crippen LogP contribution in [0.15, 0.2) is 12.3 Å². The van der Waals surface area contributed by atoms with Gasteiger partial charge in [0.25, 0.3) is 5.91 Å². The molecule has 0 aliphatic rings. The largest absolute Gasteiger partial charge is 0.464 e. The number of hydrogen-bond donors (Lipinski definition) is 0. The van der Waals surface area contributed by atoms with E-state index in [4.69, 9.17) is 14.2 Å². The van der Waals surface area contributed by atoms with Gasteiger partial charge in [-0.15, -0.1) is 0 Å². The fourth-order valence-electron chi connectivity index (χ4n) is 2.16. The van der Waals surface area contributed by atoms with Gasteiger partial charge in [0.1, 0.15) is 28.5 Å². The van der Waals surface area contributed by atoms with Crippen molar-refractivity contribution in [3.05, 3.63) is 12.3 Å². The maximum Gasteiger partial charge on any atom is 0.422 e. The van der Waals surface area contributed by atoms with Crippen LogP contribution in [-0.2, 0) is 28.5 Å². The summed E-state index contributed by atoms with van der Waals surface area (Å²) in [4.78, 5) is 64.5. The van der Waals surface area contributed by atoms with Gasteiger partial charge in [0.2, 0.25) is 0 Å². The molecule has 188 valence electrons. The summed E-state index contributed by atoms with van der Waals surface area (Å²) in [5.74, 6) is -2.26. The lowest BCUT2D eigenvalue weighted by molar-refractivity contribution is -0.143. The summed E-state index contributed by atoms with van der Waals surface area (Å²) in [5, 5.41) is 0. The van der Waals surface area contributed by atoms with E-state index in [9.17, 15) is 24.0 Å². The molecule has 0 aliphatic heterocycles. The van der Waals surface area contributed by atoms with Crippen molar-refractivity contribution in [3.63, 3.8) is 0 Å². The molecular weight excluding hydrogens is 436 g/mol. The Hall–Kier alpha value is -3.11. The van der Waals surface area contributed by atoms with Gasteiger partial charge in [0, 0.05) is 0 Å². The van der Waals surface area contributed by atoms with Crippen LogP contribution in [-0.4, -0.2) is 69.9 Å². The third kappa shape index (κ3) is 9.92. The molecule has 0 radical (unpaired) electrons. The topological polar surface area (TPSA) is 129 Å². The Kier molecular flexibility index (Phi) is 9.67. The Morgan fingerprint density at radius 3 is 1.33 bits per heavy atom. The van der Waals surface area contributed by atoms with Crippen molar-refractivity contribution in [2.75, 3.05) is 7.11 Å². The van der Waals surface area contributed by atoms with Gasteiger partial charge in [-0.1, -0.05) is 6.58 Å². The van der Waals surface area contributed by atoms with E-state index >= 15 is 0 Å². The fraction of sp³-hybridized carbons (Fsp3) is 0.682. The zero-order valence-corrected chi connectivity index (χ0v) is 21.4. The average Bonchev–Trinajstić information content (AvgIpc) is 2.55. The molecule has 0 heterocycles. The number of ether oxygens (including phenoxy) is 4. The van der Waals surface area contributed by atoms with Gasteiger partial charge in [-0.3, -0.25) is 4.79 Å². The number of hydrogen-bond acceptors (Lipinski definition) is 9. The molecule has 11 nitrogen and oxygen atoms in total. The van der Waals surface area contributed by atoms with Crippen molar-refractivity contribution in [1.29, 1.82) is 0 Å². The highest BCUT2D eigenvalue weighted by Gasteiger charge is 2.43. The zero-order valence-electron chi connectivity index (χ0n) is 21.4. The molecule has 0 aromatic rings. The zero-order chi connectivity index (χ0) is 26.5. The number of methoxy groups -OCH3 is 1. The average molecular weight is 473 g/mol. The van der Waals surface area contributed by atoms with Crippen LogP contribution in [0.3, 0.4) is 0 Å². The van der Waals surface area contributed by atoms with Crippen LogP contribution in [0.1, 0.15) is 69.2 Å². The summed E-state index contributed by atoms with van der Waals surface area (Å²) in [6, 6.07) is -1.65. The molecule has 0 saturated carbocycles. The summed E-state index contributed by atoms with van der Waals surface area (Å²) in [7, 11) is 1.03. The predicted octanol–water partition coefficient (Wildman–Crippen LogP) is 4.00. The summed E-state index contributed by atoms with van der Waals surface area (Å²) in [6.45, 7) is 18.6. The van der Waals surface area contributed by atoms with Crippen LogP contribution in [0.25, 0.3) is 0 Å². The molecule has 1 atom stereocenters. The van der Waals surface area contributed by atoms with Crippen molar-refractivity contribution in [2.45, 2.75) is 92.1 Å². The molecule has 33 heavy (non-hydrogen) atoms. The summed E-state index contributed by atoms with van der Waals surface area (Å²) >= 11 is 0. The van der Waals surface area contributed by atoms with E-state index in [0.717, 1.165) is 14.0 Å². The molecule has 11 heteroatoms. The third-order valence-corrected chi connectivity index (χ3v) is 3.41. The van der Waals surface area contributed by atoms with E-state index in [1.54, 1.807) is 62.3 Å². The Labute approximate surface area is 194 Å². The van der Waals surface area contributed by atoms with E-state index in [0.29, 0.717) is 9.80 Å². The first kappa shape index (κ1) is 29.9. The van der Waals surface area contributed by atoms with Gasteiger partial charge in [-0.25, -0.2) is 24.1 Å². The molecule has 0 spiro atoms. The maximum absolute atomic E-state index is 13.3. The van der Waals surface area contributed by atoms with Crippen molar-refractivity contribution in [2.24, 2.45) is 0 Å². The van der Waals surface area contributed by atoms with Crippen molar-refractivity contribution in [3.8, 4) is 0 Å². The number of imide groups is 2. The van der Waals surface area contributed by atoms with Crippen molar-refractivity contribution < 1.29 is 42.9 Å². The minimum atomic E-state index is -1.65. The highest BCUT2D eigenvalue weighted by molar-refractivity contribution is 6.06. The monoisotopic (exact) mass is 472 g/mol. The lowest BCUT2D eigenvalue weighted by atomic mass is 10.2. The molecule has 1 unspecified atom stereocenters. The first-order chi connectivity index (χ1) is 14.6. The maximum atomic E-state index is 13.3. The number of rotatable bonds is 4. The van der Waals surface area contributed by atoms with Gasteiger partial charge in [0.05, 0.1) is 7.11 Å². The van der Waals surface area contributed by atoms with Crippen LogP contribution in [0.4, 0.5) is 14.4 Å². The van der Waals surface area contributed by atoms with Crippen molar-refractivity contribution >= 4 is 30.2 Å². The molecule has 0 aliphatic carbocycles. The van der Waals surface area contributed by atoms with E-state index < -0.39 is 58.7 Å². The van der Waals surface area contributed by atoms with Crippen LogP contribution in [0.5, 0.6) is 0 Å². The molecule has 0 bridgehead atoms. The molecule has 0 N–H and O–H groups in total. The SMILES string of the molecule is C=C(C(=O)OC)N(C(=O)OC(C)(C)C)C(=O)C(C)N(C(=O)OC(C)(C)C)C(=O)OC(C)(C)C. The first-order valence-electron chi connectivity index (χ1n) is 10.2. The standard InChI is InChI=1S/C22H36N2O9/c1-13(24(18(28)32-21(6,7)8)19(29)33-22(9,10)11)15(25)23(14(2)16(26)30-12)17(27)31-20(3,4)5/h13H,2H2,1,3-12H3. The molecule has 0 fully saturated rings. The van der Waals surface area contributed by atoms with Gasteiger partial charge >= 0.3 is 24.2 Å². The normalized spacial score (nSPS) is 12.7. The Morgan fingerprint density at radius 2 is 1.03 bits per heavy atom. The highest BCUT2D eigenvalue weighted by Crippen LogP contribution is 2.21. The molecule has 0 rings (SSSR count). The highest BCUT2D eigenvalue weighted by atomic mass is 16.6. The second-order valence-electron chi connectivity index (χ2n) is 10.1. The number of esters is 1. The number of carbonyl (C=O) groups is 5. The van der Waals surface area contributed by atoms with Gasteiger partial charge < -0.3 is 18.9 Å². The van der Waals surface area contributed by atoms with Gasteiger partial charge in [-0.05, 0) is 69.2 Å². The number of amides is 4. The molecule has 0 saturated heterocycles. The number of nitrogens with zero attached hydrogens (tertiary/aromatic N) is 2. The van der Waals surface area contributed by atoms with Crippen LogP contribution < -0.4 is 0 Å². The Bertz CT molecular complexity index is 770. The molecule has 4 amide bonds. The van der Waals surface area contributed by atoms with E-state index in [1.807, 2.05) is 0 Å². The lowest BCUT2D eigenvalue weighted by Gasteiger charge is -2.33. The van der Waals surface area contributed by atoms with Gasteiger partial charge in [0.15, 0.2) is 0 Å². The minimum Gasteiger partial charge on any atom is -0.464 e. The van der Waals surface area contributed by atoms with Crippen molar-refractivity contribution in [1.82, 2.24) is 9.80 Å². The fourth-order valence-corrected chi connectivity index (χ4v) is 2.16. The van der Waals surface area contributed by atoms with E-state index in [1.165, 1.54) is 0 Å². The van der Waals surface area contributed by atoms with Gasteiger partial charge in [-0.2, -0.15) is 4.90 Å². The summed E-state index contributed by atoms with van der Waals surface area (Å²) < 4.78 is 20.2. The lowest BCUT2D eigenvalue weighted by Crippen LogP contribution is -2.55. The van der Waals surface area contributed by atoms with E-state index in [2.05, 4.69) is 11.3 Å². The summed E-state index contributed by atoms with van der Waals surface area (Å²) in [5.41, 5.74) is -3.73. The first-order valence-corrected chi connectivity index (χ1v) is 10.2. The molecular formula is C22H36N2O9. The third-order valence-electron chi connectivity index (χ3n) is 3.41. The van der Waals surface area contributed by atoms with Crippen LogP contribution >= 0.6 is 0 Å². The smallest absolute Gasteiger partial charge is 0.422 e. The Balaban J connectivity index is 6.38. The molecule has 0 aromatic heterocycles.